The van der Waals surface area contributed by atoms with Crippen LogP contribution in [0.25, 0.3) is 0 Å². The molecule has 1 rings (SSSR count). The van der Waals surface area contributed by atoms with Gasteiger partial charge in [-0.3, -0.25) is 0 Å². The van der Waals surface area contributed by atoms with Gasteiger partial charge in [-0.25, -0.2) is 4.98 Å². The molecule has 0 aliphatic rings. The maximum Gasteiger partial charge on any atom is 0.433 e. The summed E-state index contributed by atoms with van der Waals surface area (Å²) in [5, 5.41) is -0.523. The molecule has 0 spiro atoms. The van der Waals surface area contributed by atoms with Crippen molar-refractivity contribution in [1.29, 1.82) is 0 Å². The lowest BCUT2D eigenvalue weighted by Gasteiger charge is -2.08. The first kappa shape index (κ1) is 12.6. The minimum atomic E-state index is -4.59. The molecule has 0 unspecified atom stereocenters. The van der Waals surface area contributed by atoms with Gasteiger partial charge in [-0.15, -0.1) is 12.3 Å². The van der Waals surface area contributed by atoms with Crippen LogP contribution in [0.5, 0.6) is 5.88 Å². The van der Waals surface area contributed by atoms with E-state index >= 15 is 0 Å². The third-order valence-electron chi connectivity index (χ3n) is 1.46. The van der Waals surface area contributed by atoms with E-state index < -0.39 is 17.2 Å². The fourth-order valence-corrected chi connectivity index (χ4v) is 1.00. The van der Waals surface area contributed by atoms with E-state index in [1.54, 1.807) is 0 Å². The van der Waals surface area contributed by atoms with Gasteiger partial charge in [0.2, 0.25) is 11.2 Å². The second kappa shape index (κ2) is 5.03. The molecule has 0 aliphatic carbocycles. The molecule has 0 aliphatic heterocycles. The van der Waals surface area contributed by atoms with Gasteiger partial charge in [0, 0.05) is 12.5 Å². The Kier molecular flexibility index (Phi) is 3.96. The Morgan fingerprint density at radius 3 is 2.69 bits per heavy atom. The first-order chi connectivity index (χ1) is 7.43. The molecule has 0 bridgehead atoms. The highest BCUT2D eigenvalue weighted by atomic mass is 35.5. The van der Waals surface area contributed by atoms with E-state index in [2.05, 4.69) is 15.9 Å². The average Bonchev–Trinajstić information content (AvgIpc) is 2.16. The molecule has 16 heavy (non-hydrogen) atoms. The topological polar surface area (TPSA) is 35.0 Å². The van der Waals surface area contributed by atoms with Crippen LogP contribution < -0.4 is 4.74 Å². The Morgan fingerprint density at radius 2 is 2.12 bits per heavy atom. The van der Waals surface area contributed by atoms with E-state index in [-0.39, 0.29) is 18.9 Å². The Balaban J connectivity index is 2.87. The molecule has 1 heterocycles. The predicted octanol–water partition coefficient (Wildman–Crippen LogP) is 2.55. The maximum atomic E-state index is 12.3. The summed E-state index contributed by atoms with van der Waals surface area (Å²) in [4.78, 5) is 6.53. The summed E-state index contributed by atoms with van der Waals surface area (Å²) in [6, 6.07) is 0.669. The molecule has 86 valence electrons. The number of hydrogen-bond donors (Lipinski definition) is 0. The van der Waals surface area contributed by atoms with Crippen LogP contribution in [0.4, 0.5) is 13.2 Å². The molecular formula is C9H6ClF3N2O. The van der Waals surface area contributed by atoms with Crippen molar-refractivity contribution >= 4 is 11.6 Å². The summed E-state index contributed by atoms with van der Waals surface area (Å²) in [5.74, 6) is 2.03. The SMILES string of the molecule is C#CCCOc1cc(C(F)(F)F)nc(Cl)n1. The van der Waals surface area contributed by atoms with Crippen molar-refractivity contribution in [3.05, 3.63) is 17.0 Å². The van der Waals surface area contributed by atoms with Gasteiger partial charge in [-0.2, -0.15) is 18.2 Å². The first-order valence-corrected chi connectivity index (χ1v) is 4.49. The van der Waals surface area contributed by atoms with Gasteiger partial charge in [0.25, 0.3) is 0 Å². The number of rotatable bonds is 3. The predicted molar refractivity (Wildman–Crippen MR) is 51.0 cm³/mol. The van der Waals surface area contributed by atoms with Crippen molar-refractivity contribution in [1.82, 2.24) is 9.97 Å². The zero-order valence-corrected chi connectivity index (χ0v) is 8.64. The Hall–Kier alpha value is -1.48. The van der Waals surface area contributed by atoms with Gasteiger partial charge in [-0.1, -0.05) is 0 Å². The number of ether oxygens (including phenoxy) is 1. The van der Waals surface area contributed by atoms with Gasteiger partial charge in [0.15, 0.2) is 5.69 Å². The van der Waals surface area contributed by atoms with E-state index in [1.807, 2.05) is 0 Å². The summed E-state index contributed by atoms with van der Waals surface area (Å²) in [5.41, 5.74) is -1.15. The summed E-state index contributed by atoms with van der Waals surface area (Å²) < 4.78 is 41.8. The van der Waals surface area contributed by atoms with Crippen molar-refractivity contribution in [2.24, 2.45) is 0 Å². The zero-order chi connectivity index (χ0) is 12.2. The molecule has 0 atom stereocenters. The Bertz CT molecular complexity index is 414. The Labute approximate surface area is 94.6 Å². The van der Waals surface area contributed by atoms with Crippen LogP contribution in [0.15, 0.2) is 6.07 Å². The number of alkyl halides is 3. The van der Waals surface area contributed by atoms with Gasteiger partial charge < -0.3 is 4.74 Å². The fourth-order valence-electron chi connectivity index (χ4n) is 0.831. The summed E-state index contributed by atoms with van der Waals surface area (Å²) >= 11 is 5.33. The molecule has 0 saturated heterocycles. The highest BCUT2D eigenvalue weighted by molar-refractivity contribution is 6.28. The van der Waals surface area contributed by atoms with Crippen LogP contribution in [0.2, 0.25) is 5.28 Å². The first-order valence-electron chi connectivity index (χ1n) is 4.11. The molecule has 1 aromatic heterocycles. The quantitative estimate of drug-likeness (QED) is 0.470. The van der Waals surface area contributed by atoms with Crippen LogP contribution in [0.1, 0.15) is 12.1 Å². The third-order valence-corrected chi connectivity index (χ3v) is 1.63. The monoisotopic (exact) mass is 250 g/mol. The van der Waals surface area contributed by atoms with E-state index in [0.29, 0.717) is 6.07 Å². The van der Waals surface area contributed by atoms with Gasteiger partial charge in [0.1, 0.15) is 6.61 Å². The molecule has 0 amide bonds. The van der Waals surface area contributed by atoms with Gasteiger partial charge in [0.05, 0.1) is 0 Å². The third kappa shape index (κ3) is 3.59. The molecular weight excluding hydrogens is 245 g/mol. The van der Waals surface area contributed by atoms with Gasteiger partial charge in [-0.05, 0) is 11.6 Å². The Morgan fingerprint density at radius 1 is 1.44 bits per heavy atom. The standard InChI is InChI=1S/C9H6ClF3N2O/c1-2-3-4-16-7-5-6(9(11,12)13)14-8(10)15-7/h1,5H,3-4H2. The molecule has 1 aromatic rings. The van der Waals surface area contributed by atoms with Crippen LogP contribution in [0.3, 0.4) is 0 Å². The summed E-state index contributed by atoms with van der Waals surface area (Å²) in [6.45, 7) is 0.0706. The van der Waals surface area contributed by atoms with Gasteiger partial charge >= 0.3 is 6.18 Å². The molecule has 0 saturated carbocycles. The largest absolute Gasteiger partial charge is 0.477 e. The second-order valence-electron chi connectivity index (χ2n) is 2.66. The van der Waals surface area contributed by atoms with E-state index in [9.17, 15) is 13.2 Å². The highest BCUT2D eigenvalue weighted by Crippen LogP contribution is 2.30. The van der Waals surface area contributed by atoms with Crippen molar-refractivity contribution in [2.45, 2.75) is 12.6 Å². The smallest absolute Gasteiger partial charge is 0.433 e. The lowest BCUT2D eigenvalue weighted by Crippen LogP contribution is -2.10. The van der Waals surface area contributed by atoms with Crippen LogP contribution in [-0.4, -0.2) is 16.6 Å². The zero-order valence-electron chi connectivity index (χ0n) is 7.88. The molecule has 0 radical (unpaired) electrons. The maximum absolute atomic E-state index is 12.3. The van der Waals surface area contributed by atoms with Crippen LogP contribution in [0, 0.1) is 12.3 Å². The van der Waals surface area contributed by atoms with E-state index in [4.69, 9.17) is 22.8 Å². The van der Waals surface area contributed by atoms with Crippen molar-refractivity contribution in [3.8, 4) is 18.2 Å². The number of halogens is 4. The van der Waals surface area contributed by atoms with E-state index in [1.165, 1.54) is 0 Å². The van der Waals surface area contributed by atoms with Crippen molar-refractivity contribution < 1.29 is 17.9 Å². The minimum Gasteiger partial charge on any atom is -0.477 e. The molecule has 0 N–H and O–H groups in total. The summed E-state index contributed by atoms with van der Waals surface area (Å²) in [6.07, 6.45) is 0.633. The molecule has 7 heteroatoms. The number of terminal acetylenes is 1. The number of nitrogens with zero attached hydrogens (tertiary/aromatic N) is 2. The summed E-state index contributed by atoms with van der Waals surface area (Å²) in [7, 11) is 0. The minimum absolute atomic E-state index is 0.0706. The average molecular weight is 251 g/mol. The fraction of sp³-hybridized carbons (Fsp3) is 0.333. The van der Waals surface area contributed by atoms with Crippen LogP contribution >= 0.6 is 11.6 Å². The highest BCUT2D eigenvalue weighted by Gasteiger charge is 2.33. The second-order valence-corrected chi connectivity index (χ2v) is 3.00. The van der Waals surface area contributed by atoms with E-state index in [0.717, 1.165) is 0 Å². The lowest BCUT2D eigenvalue weighted by atomic mass is 10.4. The molecule has 3 nitrogen and oxygen atoms in total. The molecule has 0 fully saturated rings. The lowest BCUT2D eigenvalue weighted by molar-refractivity contribution is -0.141. The normalized spacial score (nSPS) is 10.9. The molecule has 0 aromatic carbocycles. The van der Waals surface area contributed by atoms with Crippen LogP contribution in [-0.2, 0) is 6.18 Å². The van der Waals surface area contributed by atoms with Crippen molar-refractivity contribution in [2.75, 3.05) is 6.61 Å². The van der Waals surface area contributed by atoms with Crippen molar-refractivity contribution in [3.63, 3.8) is 0 Å². The number of hydrogen-bond acceptors (Lipinski definition) is 3. The number of aromatic nitrogens is 2.